The molecule has 1 unspecified atom stereocenters. The Labute approximate surface area is 115 Å². The van der Waals surface area contributed by atoms with Gasteiger partial charge in [0.15, 0.2) is 0 Å². The fraction of sp³-hybridized carbons (Fsp3) is 0.529. The number of hydrogen-bond donors (Lipinski definition) is 1. The molecule has 2 nitrogen and oxygen atoms in total. The second-order valence-corrected chi connectivity index (χ2v) is 5.71. The van der Waals surface area contributed by atoms with E-state index in [0.717, 1.165) is 18.0 Å². The highest BCUT2D eigenvalue weighted by molar-refractivity contribution is 5.81. The number of furan rings is 1. The Balaban J connectivity index is 1.79. The minimum Gasteiger partial charge on any atom is -0.464 e. The molecule has 1 aromatic heterocycles. The molecule has 1 aliphatic carbocycles. The molecule has 1 atom stereocenters. The first-order chi connectivity index (χ1) is 9.38. The summed E-state index contributed by atoms with van der Waals surface area (Å²) in [7, 11) is 0. The van der Waals surface area contributed by atoms with Gasteiger partial charge in [0.1, 0.15) is 5.58 Å². The second kappa shape index (κ2) is 5.79. The van der Waals surface area contributed by atoms with Crippen LogP contribution >= 0.6 is 0 Å². The van der Waals surface area contributed by atoms with Gasteiger partial charge in [-0.3, -0.25) is 0 Å². The van der Waals surface area contributed by atoms with Crippen molar-refractivity contribution in [1.29, 1.82) is 0 Å². The van der Waals surface area contributed by atoms with Crippen LogP contribution in [0.25, 0.3) is 11.0 Å². The van der Waals surface area contributed by atoms with Gasteiger partial charge in [0.25, 0.3) is 0 Å². The smallest absolute Gasteiger partial charge is 0.134 e. The molecule has 0 saturated heterocycles. The predicted molar refractivity (Wildman–Crippen MR) is 79.2 cm³/mol. The summed E-state index contributed by atoms with van der Waals surface area (Å²) in [5, 5.41) is 4.96. The fourth-order valence-electron chi connectivity index (χ4n) is 2.76. The third-order valence-electron chi connectivity index (χ3n) is 4.09. The summed E-state index contributed by atoms with van der Waals surface area (Å²) in [5.74, 6) is 0.990. The summed E-state index contributed by atoms with van der Waals surface area (Å²) in [6.07, 6.45) is 8.58. The molecule has 102 valence electrons. The molecule has 1 saturated carbocycles. The van der Waals surface area contributed by atoms with Crippen molar-refractivity contribution in [2.24, 2.45) is 5.92 Å². The Hall–Kier alpha value is -1.28. The van der Waals surface area contributed by atoms with E-state index in [-0.39, 0.29) is 0 Å². The van der Waals surface area contributed by atoms with E-state index in [1.54, 1.807) is 0 Å². The monoisotopic (exact) mass is 257 g/mol. The van der Waals surface area contributed by atoms with Crippen LogP contribution in [0.4, 0.5) is 0 Å². The summed E-state index contributed by atoms with van der Waals surface area (Å²) in [4.78, 5) is 0. The highest BCUT2D eigenvalue weighted by Crippen LogP contribution is 2.37. The molecule has 0 radical (unpaired) electrons. The molecule has 1 heterocycles. The van der Waals surface area contributed by atoms with Gasteiger partial charge in [-0.1, -0.05) is 38.0 Å². The van der Waals surface area contributed by atoms with Crippen molar-refractivity contribution < 1.29 is 4.42 Å². The van der Waals surface area contributed by atoms with Gasteiger partial charge in [0.2, 0.25) is 0 Å². The van der Waals surface area contributed by atoms with Crippen molar-refractivity contribution in [2.45, 2.75) is 45.1 Å². The van der Waals surface area contributed by atoms with Crippen molar-refractivity contribution in [3.05, 3.63) is 36.1 Å². The summed E-state index contributed by atoms with van der Waals surface area (Å²) in [6.45, 7) is 3.30. The number of hydrogen-bond acceptors (Lipinski definition) is 2. The fourth-order valence-corrected chi connectivity index (χ4v) is 2.76. The van der Waals surface area contributed by atoms with E-state index in [0.29, 0.717) is 6.04 Å². The van der Waals surface area contributed by atoms with E-state index in [1.807, 2.05) is 12.3 Å². The van der Waals surface area contributed by atoms with Crippen LogP contribution in [0.15, 0.2) is 34.9 Å². The molecular formula is C17H23NO. The van der Waals surface area contributed by atoms with Crippen molar-refractivity contribution in [3.63, 3.8) is 0 Å². The molecule has 2 aromatic rings. The van der Waals surface area contributed by atoms with Crippen molar-refractivity contribution in [3.8, 4) is 0 Å². The van der Waals surface area contributed by atoms with E-state index >= 15 is 0 Å². The molecule has 2 heteroatoms. The van der Waals surface area contributed by atoms with E-state index in [1.165, 1.54) is 43.1 Å². The van der Waals surface area contributed by atoms with Gasteiger partial charge in [-0.15, -0.1) is 0 Å². The lowest BCUT2D eigenvalue weighted by Gasteiger charge is -2.17. The van der Waals surface area contributed by atoms with Gasteiger partial charge in [0, 0.05) is 17.0 Å². The van der Waals surface area contributed by atoms with Crippen LogP contribution in [0.1, 0.15) is 50.6 Å². The van der Waals surface area contributed by atoms with Gasteiger partial charge in [-0.25, -0.2) is 0 Å². The first-order valence-corrected chi connectivity index (χ1v) is 7.58. The van der Waals surface area contributed by atoms with Crippen LogP contribution in [-0.4, -0.2) is 6.54 Å². The minimum atomic E-state index is 0.448. The van der Waals surface area contributed by atoms with E-state index in [9.17, 15) is 0 Å². The van der Waals surface area contributed by atoms with Crippen LogP contribution in [0.5, 0.6) is 0 Å². The molecular weight excluding hydrogens is 234 g/mol. The lowest BCUT2D eigenvalue weighted by atomic mass is 9.99. The molecule has 19 heavy (non-hydrogen) atoms. The zero-order valence-electron chi connectivity index (χ0n) is 11.7. The highest BCUT2D eigenvalue weighted by atomic mass is 16.3. The average molecular weight is 257 g/mol. The number of rotatable bonds is 7. The first kappa shape index (κ1) is 12.7. The molecule has 1 aliphatic rings. The largest absolute Gasteiger partial charge is 0.464 e. The summed E-state index contributed by atoms with van der Waals surface area (Å²) in [5.41, 5.74) is 2.34. The second-order valence-electron chi connectivity index (χ2n) is 5.71. The zero-order chi connectivity index (χ0) is 13.1. The van der Waals surface area contributed by atoms with Crippen LogP contribution in [0, 0.1) is 5.92 Å². The number of para-hydroxylation sites is 1. The van der Waals surface area contributed by atoms with E-state index in [2.05, 4.69) is 30.4 Å². The lowest BCUT2D eigenvalue weighted by Crippen LogP contribution is -2.22. The Kier molecular flexibility index (Phi) is 3.88. The maximum atomic E-state index is 5.69. The summed E-state index contributed by atoms with van der Waals surface area (Å²) >= 11 is 0. The topological polar surface area (TPSA) is 25.2 Å². The Bertz CT molecular complexity index is 527. The van der Waals surface area contributed by atoms with E-state index in [4.69, 9.17) is 4.42 Å². The Morgan fingerprint density at radius 3 is 2.95 bits per heavy atom. The summed E-state index contributed by atoms with van der Waals surface area (Å²) < 4.78 is 5.69. The zero-order valence-corrected chi connectivity index (χ0v) is 11.7. The van der Waals surface area contributed by atoms with Crippen LogP contribution in [0.3, 0.4) is 0 Å². The molecule has 0 bridgehead atoms. The lowest BCUT2D eigenvalue weighted by molar-refractivity contribution is 0.466. The third kappa shape index (κ3) is 3.01. The summed E-state index contributed by atoms with van der Waals surface area (Å²) in [6, 6.07) is 8.81. The Morgan fingerprint density at radius 1 is 1.32 bits per heavy atom. The third-order valence-corrected chi connectivity index (χ3v) is 4.09. The van der Waals surface area contributed by atoms with Crippen LogP contribution < -0.4 is 5.32 Å². The van der Waals surface area contributed by atoms with Gasteiger partial charge in [0.05, 0.1) is 6.26 Å². The number of nitrogens with one attached hydrogen (secondary N) is 1. The maximum absolute atomic E-state index is 5.69. The van der Waals surface area contributed by atoms with Gasteiger partial charge < -0.3 is 9.73 Å². The Morgan fingerprint density at radius 2 is 2.16 bits per heavy atom. The molecule has 0 aliphatic heterocycles. The highest BCUT2D eigenvalue weighted by Gasteiger charge is 2.24. The molecule has 3 rings (SSSR count). The maximum Gasteiger partial charge on any atom is 0.134 e. The van der Waals surface area contributed by atoms with Crippen LogP contribution in [-0.2, 0) is 0 Å². The molecule has 0 spiro atoms. The van der Waals surface area contributed by atoms with Gasteiger partial charge in [-0.05, 0) is 37.8 Å². The molecule has 1 fully saturated rings. The quantitative estimate of drug-likeness (QED) is 0.780. The van der Waals surface area contributed by atoms with Gasteiger partial charge in [-0.2, -0.15) is 0 Å². The molecule has 1 aromatic carbocycles. The number of benzene rings is 1. The van der Waals surface area contributed by atoms with Crippen molar-refractivity contribution in [2.75, 3.05) is 6.54 Å². The van der Waals surface area contributed by atoms with Crippen LogP contribution in [0.2, 0.25) is 0 Å². The number of fused-ring (bicyclic) bond motifs is 1. The minimum absolute atomic E-state index is 0.448. The van der Waals surface area contributed by atoms with Crippen molar-refractivity contribution >= 4 is 11.0 Å². The van der Waals surface area contributed by atoms with Gasteiger partial charge >= 0.3 is 0 Å². The SMILES string of the molecule is CCCNC(CCC1CC1)c1coc2ccccc12. The normalized spacial score (nSPS) is 16.9. The van der Waals surface area contributed by atoms with Crippen molar-refractivity contribution in [1.82, 2.24) is 5.32 Å². The average Bonchev–Trinajstić information content (AvgIpc) is 3.18. The first-order valence-electron chi connectivity index (χ1n) is 7.58. The standard InChI is InChI=1S/C17H23NO/c1-2-11-18-16(10-9-13-7-8-13)15-12-19-17-6-4-3-5-14(15)17/h3-6,12-13,16,18H,2,7-11H2,1H3. The predicted octanol–water partition coefficient (Wildman–Crippen LogP) is 4.66. The molecule has 1 N–H and O–H groups in total. The van der Waals surface area contributed by atoms with E-state index < -0.39 is 0 Å². The molecule has 0 amide bonds.